The Bertz CT molecular complexity index is 997. The van der Waals surface area contributed by atoms with Gasteiger partial charge in [0.2, 0.25) is 0 Å². The molecule has 29 heavy (non-hydrogen) atoms. The van der Waals surface area contributed by atoms with Crippen LogP contribution in [0.15, 0.2) is 54.7 Å². The molecule has 1 N–H and O–H groups in total. The molecule has 2 aromatic heterocycles. The molecule has 3 aromatic rings. The molecule has 4 rings (SSSR count). The van der Waals surface area contributed by atoms with Crippen LogP contribution in [0.4, 0.5) is 0 Å². The average Bonchev–Trinajstić information content (AvgIpc) is 3.06. The Kier molecular flexibility index (Phi) is 5.39. The molecule has 152 valence electrons. The number of benzene rings is 1. The van der Waals surface area contributed by atoms with E-state index in [1.165, 1.54) is 0 Å². The summed E-state index contributed by atoms with van der Waals surface area (Å²) >= 11 is 0. The Balaban J connectivity index is 1.63. The summed E-state index contributed by atoms with van der Waals surface area (Å²) in [7, 11) is 1.81. The number of carbonyl (C=O) groups is 1. The first-order chi connectivity index (χ1) is 13.9. The van der Waals surface area contributed by atoms with Gasteiger partial charge in [0.25, 0.3) is 5.91 Å². The fourth-order valence-electron chi connectivity index (χ4n) is 4.15. The molecule has 6 heteroatoms. The number of likely N-dealkylation sites (tertiary alicyclic amines) is 1. The van der Waals surface area contributed by atoms with Crippen LogP contribution in [0.25, 0.3) is 5.65 Å². The van der Waals surface area contributed by atoms with E-state index in [0.29, 0.717) is 25.3 Å². The molecule has 0 radical (unpaired) electrons. The second kappa shape index (κ2) is 7.97. The van der Waals surface area contributed by atoms with Crippen LogP contribution in [0.2, 0.25) is 0 Å². The maximum Gasteiger partial charge on any atom is 0.274 e. The van der Waals surface area contributed by atoms with Crippen molar-refractivity contribution in [1.82, 2.24) is 19.2 Å². The molecule has 3 heterocycles. The minimum absolute atomic E-state index is 0.0867. The van der Waals surface area contributed by atoms with E-state index in [4.69, 9.17) is 0 Å². The van der Waals surface area contributed by atoms with Crippen molar-refractivity contribution in [2.75, 3.05) is 20.1 Å². The van der Waals surface area contributed by atoms with Gasteiger partial charge in [-0.1, -0.05) is 36.4 Å². The van der Waals surface area contributed by atoms with Gasteiger partial charge in [-0.05, 0) is 44.0 Å². The number of amides is 1. The highest BCUT2D eigenvalue weighted by Crippen LogP contribution is 2.24. The Morgan fingerprint density at radius 1 is 1.21 bits per heavy atom. The molecule has 1 amide bonds. The Labute approximate surface area is 171 Å². The van der Waals surface area contributed by atoms with E-state index in [-0.39, 0.29) is 5.91 Å². The van der Waals surface area contributed by atoms with Crippen LogP contribution < -0.4 is 0 Å². The average molecular weight is 393 g/mol. The van der Waals surface area contributed by atoms with Crippen LogP contribution >= 0.6 is 0 Å². The fourth-order valence-corrected chi connectivity index (χ4v) is 4.15. The van der Waals surface area contributed by atoms with E-state index < -0.39 is 5.60 Å². The number of β-amino-alcohol motifs (C(OH)–C–C–N with tert-alkyl or cyclic N) is 1. The first kappa shape index (κ1) is 19.6. The smallest absolute Gasteiger partial charge is 0.274 e. The Hall–Kier alpha value is -2.70. The van der Waals surface area contributed by atoms with Gasteiger partial charge < -0.3 is 14.4 Å². The number of aliphatic hydroxyl groups is 1. The summed E-state index contributed by atoms with van der Waals surface area (Å²) in [4.78, 5) is 21.9. The highest BCUT2D eigenvalue weighted by molar-refractivity contribution is 5.94. The molecule has 1 aliphatic heterocycles. The van der Waals surface area contributed by atoms with E-state index in [9.17, 15) is 9.90 Å². The fraction of sp³-hybridized carbons (Fsp3) is 0.391. The molecular weight excluding hydrogens is 364 g/mol. The summed E-state index contributed by atoms with van der Waals surface area (Å²) in [6.45, 7) is 4.50. The van der Waals surface area contributed by atoms with E-state index in [0.717, 1.165) is 36.3 Å². The zero-order valence-corrected chi connectivity index (χ0v) is 17.1. The maximum atomic E-state index is 13.3. The standard InChI is InChI=1S/C23H28N4O2/c1-23(29)12-8-13-26(17-23)16-19-21(24-20-11-6-7-14-27(19)20)22(28)25(2)15-18-9-4-3-5-10-18/h3-7,9-11,14,29H,8,12-13,15-17H2,1-2H3. The number of nitrogens with zero attached hydrogens (tertiary/aromatic N) is 4. The molecule has 1 fully saturated rings. The molecule has 0 aliphatic carbocycles. The van der Waals surface area contributed by atoms with Crippen LogP contribution in [-0.4, -0.2) is 55.9 Å². The SMILES string of the molecule is CN(Cc1ccccc1)C(=O)c1nc2ccccn2c1CN1CCCC(C)(O)C1. The lowest BCUT2D eigenvalue weighted by Gasteiger charge is -2.36. The molecule has 1 aromatic carbocycles. The highest BCUT2D eigenvalue weighted by Gasteiger charge is 2.30. The normalized spacial score (nSPS) is 20.1. The summed E-state index contributed by atoms with van der Waals surface area (Å²) < 4.78 is 1.99. The van der Waals surface area contributed by atoms with Gasteiger partial charge in [-0.2, -0.15) is 0 Å². The van der Waals surface area contributed by atoms with Gasteiger partial charge in [0, 0.05) is 32.9 Å². The summed E-state index contributed by atoms with van der Waals surface area (Å²) in [6.07, 6.45) is 3.71. The second-order valence-electron chi connectivity index (χ2n) is 8.29. The lowest BCUT2D eigenvalue weighted by atomic mass is 9.95. The van der Waals surface area contributed by atoms with Gasteiger partial charge in [0.15, 0.2) is 5.69 Å². The van der Waals surface area contributed by atoms with Crippen molar-refractivity contribution in [1.29, 1.82) is 0 Å². The van der Waals surface area contributed by atoms with Crippen molar-refractivity contribution in [3.05, 3.63) is 71.7 Å². The van der Waals surface area contributed by atoms with Crippen molar-refractivity contribution < 1.29 is 9.90 Å². The maximum absolute atomic E-state index is 13.3. The van der Waals surface area contributed by atoms with Gasteiger partial charge in [0.05, 0.1) is 11.3 Å². The zero-order chi connectivity index (χ0) is 20.4. The topological polar surface area (TPSA) is 61.1 Å². The number of hydrogen-bond acceptors (Lipinski definition) is 4. The van der Waals surface area contributed by atoms with Crippen molar-refractivity contribution in [2.24, 2.45) is 0 Å². The van der Waals surface area contributed by atoms with Crippen molar-refractivity contribution in [2.45, 2.75) is 38.5 Å². The predicted octanol–water partition coefficient (Wildman–Crippen LogP) is 2.95. The second-order valence-corrected chi connectivity index (χ2v) is 8.29. The number of piperidine rings is 1. The number of fused-ring (bicyclic) bond motifs is 1. The lowest BCUT2D eigenvalue weighted by Crippen LogP contribution is -2.45. The molecular formula is C23H28N4O2. The molecule has 0 saturated carbocycles. The van der Waals surface area contributed by atoms with Crippen molar-refractivity contribution >= 4 is 11.6 Å². The molecule has 0 bridgehead atoms. The third-order valence-corrected chi connectivity index (χ3v) is 5.57. The molecule has 1 aliphatic rings. The Morgan fingerprint density at radius 2 is 1.97 bits per heavy atom. The number of carbonyl (C=O) groups excluding carboxylic acids is 1. The van der Waals surface area contributed by atoms with Crippen LogP contribution in [0, 0.1) is 0 Å². The number of imidazole rings is 1. The largest absolute Gasteiger partial charge is 0.389 e. The molecule has 1 unspecified atom stereocenters. The lowest BCUT2D eigenvalue weighted by molar-refractivity contribution is -0.0186. The quantitative estimate of drug-likeness (QED) is 0.725. The minimum atomic E-state index is -0.687. The Morgan fingerprint density at radius 3 is 2.72 bits per heavy atom. The van der Waals surface area contributed by atoms with E-state index in [1.807, 2.05) is 73.1 Å². The van der Waals surface area contributed by atoms with Gasteiger partial charge in [-0.3, -0.25) is 9.69 Å². The van der Waals surface area contributed by atoms with Crippen LogP contribution in [0.1, 0.15) is 41.5 Å². The van der Waals surface area contributed by atoms with Gasteiger partial charge in [-0.25, -0.2) is 4.98 Å². The van der Waals surface area contributed by atoms with E-state index >= 15 is 0 Å². The third-order valence-electron chi connectivity index (χ3n) is 5.57. The van der Waals surface area contributed by atoms with Gasteiger partial charge >= 0.3 is 0 Å². The summed E-state index contributed by atoms with van der Waals surface area (Å²) in [6, 6.07) is 15.8. The van der Waals surface area contributed by atoms with Gasteiger partial charge in [0.1, 0.15) is 5.65 Å². The number of hydrogen-bond donors (Lipinski definition) is 1. The molecule has 6 nitrogen and oxygen atoms in total. The van der Waals surface area contributed by atoms with E-state index in [2.05, 4.69) is 9.88 Å². The van der Waals surface area contributed by atoms with Crippen LogP contribution in [-0.2, 0) is 13.1 Å². The summed E-state index contributed by atoms with van der Waals surface area (Å²) in [5, 5.41) is 10.5. The first-order valence-corrected chi connectivity index (χ1v) is 10.1. The zero-order valence-electron chi connectivity index (χ0n) is 17.1. The molecule has 1 saturated heterocycles. The van der Waals surface area contributed by atoms with Crippen LogP contribution in [0.3, 0.4) is 0 Å². The van der Waals surface area contributed by atoms with Crippen molar-refractivity contribution in [3.8, 4) is 0 Å². The minimum Gasteiger partial charge on any atom is -0.389 e. The molecule has 0 spiro atoms. The van der Waals surface area contributed by atoms with E-state index in [1.54, 1.807) is 4.90 Å². The highest BCUT2D eigenvalue weighted by atomic mass is 16.3. The monoisotopic (exact) mass is 392 g/mol. The number of pyridine rings is 1. The number of rotatable bonds is 5. The first-order valence-electron chi connectivity index (χ1n) is 10.1. The molecule has 1 atom stereocenters. The van der Waals surface area contributed by atoms with Gasteiger partial charge in [-0.15, -0.1) is 0 Å². The third kappa shape index (κ3) is 4.33. The predicted molar refractivity (Wildman–Crippen MR) is 113 cm³/mol. The summed E-state index contributed by atoms with van der Waals surface area (Å²) in [5.74, 6) is -0.0867. The summed E-state index contributed by atoms with van der Waals surface area (Å²) in [5.41, 5.74) is 2.53. The van der Waals surface area contributed by atoms with Crippen LogP contribution in [0.5, 0.6) is 0 Å². The number of aromatic nitrogens is 2. The van der Waals surface area contributed by atoms with Crippen molar-refractivity contribution in [3.63, 3.8) is 0 Å².